The number of hydrogen-bond acceptors (Lipinski definition) is 6. The normalized spacial score (nSPS) is 11.5. The summed E-state index contributed by atoms with van der Waals surface area (Å²) in [6, 6.07) is 3.32. The Morgan fingerprint density at radius 1 is 0.431 bits per heavy atom. The zero-order chi connectivity index (χ0) is 42.2. The first-order valence-electron chi connectivity index (χ1n) is 24.0. The Morgan fingerprint density at radius 3 is 0.966 bits per heavy atom. The van der Waals surface area contributed by atoms with Gasteiger partial charge in [-0.2, -0.15) is 8.42 Å². The van der Waals surface area contributed by atoms with Gasteiger partial charge in [0.1, 0.15) is 0 Å². The summed E-state index contributed by atoms with van der Waals surface area (Å²) in [6.07, 6.45) is 48.8. The second kappa shape index (κ2) is 38.7. The van der Waals surface area contributed by atoms with Gasteiger partial charge in [-0.25, -0.2) is 9.59 Å². The van der Waals surface area contributed by atoms with Gasteiger partial charge in [0.05, 0.1) is 29.2 Å². The first-order valence-corrected chi connectivity index (χ1v) is 25.4. The summed E-state index contributed by atoms with van der Waals surface area (Å²) >= 11 is 0. The Kier molecular flexibility index (Phi) is 35.8. The lowest BCUT2D eigenvalue weighted by atomic mass is 10.0. The fraction of sp³-hybridized carbons (Fsp3) is 0.760. The largest absolute Gasteiger partial charge is 0.462 e. The molecule has 1 aromatic carbocycles. The van der Waals surface area contributed by atoms with E-state index in [0.717, 1.165) is 63.5 Å². The molecule has 0 saturated carbocycles. The molecule has 0 atom stereocenters. The van der Waals surface area contributed by atoms with E-state index < -0.39 is 27.0 Å². The molecule has 0 radical (unpaired) electrons. The summed E-state index contributed by atoms with van der Waals surface area (Å²) < 4.78 is 44.0. The molecule has 0 bridgehead atoms. The lowest BCUT2D eigenvalue weighted by molar-refractivity contribution is 0.0450. The molecule has 0 aliphatic heterocycles. The molecule has 0 amide bonds. The van der Waals surface area contributed by atoms with Crippen LogP contribution in [-0.4, -0.2) is 38.1 Å². The van der Waals surface area contributed by atoms with Crippen molar-refractivity contribution in [1.29, 1.82) is 0 Å². The molecule has 0 aliphatic rings. The second-order valence-electron chi connectivity index (χ2n) is 16.6. The van der Waals surface area contributed by atoms with Gasteiger partial charge < -0.3 is 9.47 Å². The lowest BCUT2D eigenvalue weighted by Crippen LogP contribution is -2.16. The third-order valence-corrected chi connectivity index (χ3v) is 12.1. The number of carbonyl (C=O) groups is 2. The van der Waals surface area contributed by atoms with Crippen LogP contribution in [0.5, 0.6) is 0 Å². The SMILES string of the molecule is C=CCCCCCCCCCCCCCCCCCCCOC(=O)c1ccc(S(=O)(=O)O)cc1C(=O)OCCCCCCCCCCCCCCCCCCCC=C. The van der Waals surface area contributed by atoms with Crippen molar-refractivity contribution >= 4 is 22.1 Å². The minimum atomic E-state index is -4.57. The zero-order valence-corrected chi connectivity index (χ0v) is 37.8. The molecule has 1 N–H and O–H groups in total. The van der Waals surface area contributed by atoms with Crippen LogP contribution in [0.1, 0.15) is 252 Å². The molecule has 8 heteroatoms. The predicted octanol–water partition coefficient (Wildman–Crippen LogP) is 15.7. The van der Waals surface area contributed by atoms with Crippen LogP contribution < -0.4 is 0 Å². The van der Waals surface area contributed by atoms with Crippen LogP contribution in [0.2, 0.25) is 0 Å². The highest BCUT2D eigenvalue weighted by atomic mass is 32.2. The summed E-state index contributed by atoms with van der Waals surface area (Å²) in [5, 5.41) is 0. The third-order valence-electron chi connectivity index (χ3n) is 11.3. The minimum absolute atomic E-state index is 0.0576. The van der Waals surface area contributed by atoms with Gasteiger partial charge in [-0.05, 0) is 56.7 Å². The Balaban J connectivity index is 2.14. The van der Waals surface area contributed by atoms with Crippen molar-refractivity contribution in [3.8, 4) is 0 Å². The van der Waals surface area contributed by atoms with Gasteiger partial charge in [-0.3, -0.25) is 4.55 Å². The maximum Gasteiger partial charge on any atom is 0.339 e. The fourth-order valence-corrected chi connectivity index (χ4v) is 8.11. The predicted molar refractivity (Wildman–Crippen MR) is 243 cm³/mol. The van der Waals surface area contributed by atoms with E-state index in [-0.39, 0.29) is 24.3 Å². The van der Waals surface area contributed by atoms with Crippen molar-refractivity contribution in [2.24, 2.45) is 0 Å². The number of unbranched alkanes of at least 4 members (excludes halogenated alkanes) is 34. The molecule has 1 aromatic rings. The van der Waals surface area contributed by atoms with Gasteiger partial charge in [-0.15, -0.1) is 13.2 Å². The van der Waals surface area contributed by atoms with E-state index in [2.05, 4.69) is 13.2 Å². The molecule has 334 valence electrons. The van der Waals surface area contributed by atoms with E-state index in [9.17, 15) is 22.6 Å². The van der Waals surface area contributed by atoms with Crippen LogP contribution in [-0.2, 0) is 19.6 Å². The molecule has 58 heavy (non-hydrogen) atoms. The standard InChI is InChI=1S/C50H86O7S/c1-3-5-7-9-11-13-15-17-19-21-23-25-27-29-31-33-35-37-39-43-56-49(51)47-42-41-46(58(53,54)55)45-48(47)50(52)57-44-40-38-36-34-32-30-28-26-24-22-20-18-16-14-12-10-8-6-4-2/h3-4,41-42,45H,1-2,5-40,43-44H2,(H,53,54,55). The molecule has 0 fully saturated rings. The molecule has 1 rings (SSSR count). The van der Waals surface area contributed by atoms with Crippen molar-refractivity contribution in [2.75, 3.05) is 13.2 Å². The highest BCUT2D eigenvalue weighted by molar-refractivity contribution is 7.85. The van der Waals surface area contributed by atoms with E-state index in [4.69, 9.17) is 9.47 Å². The molecule has 0 saturated heterocycles. The summed E-state index contributed by atoms with van der Waals surface area (Å²) in [5.41, 5.74) is -0.265. The van der Waals surface area contributed by atoms with Crippen LogP contribution in [0.3, 0.4) is 0 Å². The van der Waals surface area contributed by atoms with Gasteiger partial charge in [0.15, 0.2) is 0 Å². The lowest BCUT2D eigenvalue weighted by Gasteiger charge is -2.11. The van der Waals surface area contributed by atoms with Gasteiger partial charge in [0.25, 0.3) is 10.1 Å². The second-order valence-corrected chi connectivity index (χ2v) is 18.1. The van der Waals surface area contributed by atoms with E-state index in [1.165, 1.54) is 179 Å². The maximum absolute atomic E-state index is 13.0. The van der Waals surface area contributed by atoms with Crippen LogP contribution in [0.25, 0.3) is 0 Å². The van der Waals surface area contributed by atoms with Gasteiger partial charge >= 0.3 is 11.9 Å². The molecular formula is C50H86O7S. The average Bonchev–Trinajstić information content (AvgIpc) is 3.21. The highest BCUT2D eigenvalue weighted by Crippen LogP contribution is 2.20. The minimum Gasteiger partial charge on any atom is -0.462 e. The van der Waals surface area contributed by atoms with E-state index in [1.807, 2.05) is 12.2 Å². The number of ether oxygens (including phenoxy) is 2. The third kappa shape index (κ3) is 31.5. The zero-order valence-electron chi connectivity index (χ0n) is 37.0. The molecule has 0 spiro atoms. The van der Waals surface area contributed by atoms with Crippen LogP contribution in [0, 0.1) is 0 Å². The van der Waals surface area contributed by atoms with Gasteiger partial charge in [-0.1, -0.05) is 205 Å². The molecule has 0 aliphatic carbocycles. The monoisotopic (exact) mass is 831 g/mol. The fourth-order valence-electron chi connectivity index (χ4n) is 7.60. The molecule has 0 aromatic heterocycles. The number of esters is 2. The molecule has 7 nitrogen and oxygen atoms in total. The number of rotatable bonds is 43. The van der Waals surface area contributed by atoms with Crippen molar-refractivity contribution < 1.29 is 32.0 Å². The summed E-state index contributed by atoms with van der Waals surface area (Å²) in [6.45, 7) is 7.97. The van der Waals surface area contributed by atoms with Crippen molar-refractivity contribution in [2.45, 2.75) is 236 Å². The quantitative estimate of drug-likeness (QED) is 0.0302. The van der Waals surface area contributed by atoms with E-state index in [0.29, 0.717) is 6.42 Å². The highest BCUT2D eigenvalue weighted by Gasteiger charge is 2.23. The summed E-state index contributed by atoms with van der Waals surface area (Å²) in [7, 11) is -4.57. The molecule has 0 unspecified atom stereocenters. The Hall–Kier alpha value is -2.45. The number of allylic oxidation sites excluding steroid dienone is 2. The number of carbonyl (C=O) groups excluding carboxylic acids is 2. The maximum atomic E-state index is 13.0. The Bertz CT molecular complexity index is 1270. The van der Waals surface area contributed by atoms with Crippen LogP contribution in [0.15, 0.2) is 48.4 Å². The van der Waals surface area contributed by atoms with Gasteiger partial charge in [0, 0.05) is 0 Å². The van der Waals surface area contributed by atoms with E-state index >= 15 is 0 Å². The van der Waals surface area contributed by atoms with Crippen molar-refractivity contribution in [1.82, 2.24) is 0 Å². The molecule has 0 heterocycles. The van der Waals surface area contributed by atoms with Crippen LogP contribution in [0.4, 0.5) is 0 Å². The molecular weight excluding hydrogens is 745 g/mol. The Labute approximate surface area is 356 Å². The average molecular weight is 831 g/mol. The van der Waals surface area contributed by atoms with Crippen LogP contribution >= 0.6 is 0 Å². The number of benzene rings is 1. The van der Waals surface area contributed by atoms with Gasteiger partial charge in [0.2, 0.25) is 0 Å². The summed E-state index contributed by atoms with van der Waals surface area (Å²) in [5.74, 6) is -1.49. The van der Waals surface area contributed by atoms with Crippen molar-refractivity contribution in [3.63, 3.8) is 0 Å². The first-order chi connectivity index (χ1) is 28.3. The smallest absolute Gasteiger partial charge is 0.339 e. The first kappa shape index (κ1) is 53.6. The number of hydrogen-bond donors (Lipinski definition) is 1. The Morgan fingerprint density at radius 2 is 0.690 bits per heavy atom. The topological polar surface area (TPSA) is 107 Å². The van der Waals surface area contributed by atoms with Crippen molar-refractivity contribution in [3.05, 3.63) is 54.6 Å². The van der Waals surface area contributed by atoms with E-state index in [1.54, 1.807) is 0 Å². The summed E-state index contributed by atoms with van der Waals surface area (Å²) in [4.78, 5) is 25.5.